The summed E-state index contributed by atoms with van der Waals surface area (Å²) in [6.07, 6.45) is 3.13. The third-order valence-electron chi connectivity index (χ3n) is 3.67. The van der Waals surface area contributed by atoms with Crippen molar-refractivity contribution in [3.05, 3.63) is 0 Å². The lowest BCUT2D eigenvalue weighted by atomic mass is 9.79. The Labute approximate surface area is 103 Å². The van der Waals surface area contributed by atoms with Gasteiger partial charge in [0.15, 0.2) is 0 Å². The van der Waals surface area contributed by atoms with Crippen molar-refractivity contribution in [2.24, 2.45) is 11.8 Å². The molecular formula is C13H24N2O2. The molecule has 2 N–H and O–H groups in total. The molecule has 98 valence electrons. The van der Waals surface area contributed by atoms with Crippen molar-refractivity contribution in [2.75, 3.05) is 13.1 Å². The first-order valence-electron chi connectivity index (χ1n) is 6.64. The standard InChI is InChI=1S/C13H24N2O2/c1-13(2,3)17-12(16)15-11-5-4-9-7-14-8-10(9)6-11/h9-11,14H,4-8H2,1-3H3,(H,15,16)/t9-,10+,11+/m1/s1. The highest BCUT2D eigenvalue weighted by atomic mass is 16.6. The number of amides is 1. The number of nitrogens with one attached hydrogen (secondary N) is 2. The van der Waals surface area contributed by atoms with Gasteiger partial charge in [-0.25, -0.2) is 4.79 Å². The predicted molar refractivity (Wildman–Crippen MR) is 66.9 cm³/mol. The van der Waals surface area contributed by atoms with Gasteiger partial charge in [-0.3, -0.25) is 0 Å². The van der Waals surface area contributed by atoms with E-state index in [1.807, 2.05) is 20.8 Å². The molecule has 1 saturated heterocycles. The Morgan fingerprint density at radius 2 is 1.94 bits per heavy atom. The van der Waals surface area contributed by atoms with Crippen LogP contribution in [0.1, 0.15) is 40.0 Å². The lowest BCUT2D eigenvalue weighted by molar-refractivity contribution is 0.0479. The van der Waals surface area contributed by atoms with Gasteiger partial charge in [-0.05, 0) is 65.0 Å². The first kappa shape index (κ1) is 12.7. The molecule has 1 aliphatic heterocycles. The van der Waals surface area contributed by atoms with E-state index in [1.54, 1.807) is 0 Å². The highest BCUT2D eigenvalue weighted by molar-refractivity contribution is 5.68. The van der Waals surface area contributed by atoms with Crippen molar-refractivity contribution in [2.45, 2.75) is 51.7 Å². The first-order chi connectivity index (χ1) is 7.94. The Hall–Kier alpha value is -0.770. The Bertz CT molecular complexity index is 286. The van der Waals surface area contributed by atoms with E-state index in [9.17, 15) is 4.79 Å². The third kappa shape index (κ3) is 3.60. The highest BCUT2D eigenvalue weighted by Crippen LogP contribution is 2.32. The Morgan fingerprint density at radius 3 is 2.65 bits per heavy atom. The molecule has 4 heteroatoms. The number of hydrogen-bond donors (Lipinski definition) is 2. The summed E-state index contributed by atoms with van der Waals surface area (Å²) in [5.41, 5.74) is -0.407. The smallest absolute Gasteiger partial charge is 0.407 e. The lowest BCUT2D eigenvalue weighted by Crippen LogP contribution is -2.43. The maximum Gasteiger partial charge on any atom is 0.407 e. The van der Waals surface area contributed by atoms with Crippen molar-refractivity contribution in [1.82, 2.24) is 10.6 Å². The molecule has 0 aromatic heterocycles. The number of fused-ring (bicyclic) bond motifs is 1. The zero-order valence-electron chi connectivity index (χ0n) is 11.1. The average Bonchev–Trinajstić information content (AvgIpc) is 2.61. The summed E-state index contributed by atoms with van der Waals surface area (Å²) in [4.78, 5) is 11.7. The molecule has 0 bridgehead atoms. The summed E-state index contributed by atoms with van der Waals surface area (Å²) < 4.78 is 5.29. The Balaban J connectivity index is 1.78. The van der Waals surface area contributed by atoms with E-state index in [-0.39, 0.29) is 6.09 Å². The quantitative estimate of drug-likeness (QED) is 0.736. The summed E-state index contributed by atoms with van der Waals surface area (Å²) in [5.74, 6) is 1.57. The second-order valence-electron chi connectivity index (χ2n) is 6.33. The molecule has 0 radical (unpaired) electrons. The van der Waals surface area contributed by atoms with Crippen LogP contribution in [0.3, 0.4) is 0 Å². The summed E-state index contributed by atoms with van der Waals surface area (Å²) in [5, 5.41) is 6.43. The lowest BCUT2D eigenvalue weighted by Gasteiger charge is -2.32. The summed E-state index contributed by atoms with van der Waals surface area (Å²) in [6.45, 7) is 7.94. The van der Waals surface area contributed by atoms with E-state index in [4.69, 9.17) is 4.74 Å². The van der Waals surface area contributed by atoms with Gasteiger partial charge in [0.05, 0.1) is 0 Å². The zero-order valence-corrected chi connectivity index (χ0v) is 11.1. The van der Waals surface area contributed by atoms with E-state index in [1.165, 1.54) is 6.42 Å². The Kier molecular flexibility index (Phi) is 3.61. The first-order valence-corrected chi connectivity index (χ1v) is 6.64. The molecule has 3 atom stereocenters. The number of carbonyl (C=O) groups excluding carboxylic acids is 1. The number of alkyl carbamates (subject to hydrolysis) is 1. The summed E-state index contributed by atoms with van der Waals surface area (Å²) >= 11 is 0. The van der Waals surface area contributed by atoms with Crippen LogP contribution in [0.4, 0.5) is 4.79 Å². The molecular weight excluding hydrogens is 216 g/mol. The molecule has 2 aliphatic rings. The maximum absolute atomic E-state index is 11.7. The van der Waals surface area contributed by atoms with Crippen LogP contribution in [-0.2, 0) is 4.74 Å². The molecule has 4 nitrogen and oxygen atoms in total. The predicted octanol–water partition coefficient (Wildman–Crippen LogP) is 1.90. The average molecular weight is 240 g/mol. The van der Waals surface area contributed by atoms with Gasteiger partial charge < -0.3 is 15.4 Å². The molecule has 1 aliphatic carbocycles. The van der Waals surface area contributed by atoms with Crippen molar-refractivity contribution in [3.63, 3.8) is 0 Å². The van der Waals surface area contributed by atoms with Gasteiger partial charge in [0.25, 0.3) is 0 Å². The van der Waals surface area contributed by atoms with Gasteiger partial charge in [-0.15, -0.1) is 0 Å². The SMILES string of the molecule is CC(C)(C)OC(=O)N[C@H]1CC[C@@H]2CNC[C@@H]2C1. The molecule has 0 spiro atoms. The Morgan fingerprint density at radius 1 is 1.24 bits per heavy atom. The number of carbonyl (C=O) groups is 1. The number of rotatable bonds is 1. The fraction of sp³-hybridized carbons (Fsp3) is 0.923. The van der Waals surface area contributed by atoms with E-state index in [0.29, 0.717) is 6.04 Å². The summed E-state index contributed by atoms with van der Waals surface area (Å²) in [7, 11) is 0. The van der Waals surface area contributed by atoms with Crippen LogP contribution < -0.4 is 10.6 Å². The fourth-order valence-corrected chi connectivity index (χ4v) is 2.90. The van der Waals surface area contributed by atoms with Gasteiger partial charge in [0.2, 0.25) is 0 Å². The minimum atomic E-state index is -0.407. The van der Waals surface area contributed by atoms with Crippen molar-refractivity contribution in [3.8, 4) is 0 Å². The van der Waals surface area contributed by atoms with Crippen LogP contribution in [0, 0.1) is 11.8 Å². The largest absolute Gasteiger partial charge is 0.444 e. The van der Waals surface area contributed by atoms with Crippen LogP contribution >= 0.6 is 0 Å². The summed E-state index contributed by atoms with van der Waals surface area (Å²) in [6, 6.07) is 0.297. The number of hydrogen-bond acceptors (Lipinski definition) is 3. The van der Waals surface area contributed by atoms with E-state index >= 15 is 0 Å². The zero-order chi connectivity index (χ0) is 12.5. The van der Waals surface area contributed by atoms with E-state index < -0.39 is 5.60 Å². The fourth-order valence-electron chi connectivity index (χ4n) is 2.90. The topological polar surface area (TPSA) is 50.4 Å². The minimum Gasteiger partial charge on any atom is -0.444 e. The van der Waals surface area contributed by atoms with Crippen LogP contribution in [0.2, 0.25) is 0 Å². The van der Waals surface area contributed by atoms with E-state index in [0.717, 1.165) is 37.8 Å². The van der Waals surface area contributed by atoms with Crippen LogP contribution in [0.5, 0.6) is 0 Å². The monoisotopic (exact) mass is 240 g/mol. The molecule has 17 heavy (non-hydrogen) atoms. The van der Waals surface area contributed by atoms with Gasteiger partial charge in [-0.2, -0.15) is 0 Å². The third-order valence-corrected chi connectivity index (χ3v) is 3.67. The van der Waals surface area contributed by atoms with Gasteiger partial charge in [0.1, 0.15) is 5.60 Å². The highest BCUT2D eigenvalue weighted by Gasteiger charge is 2.34. The molecule has 2 fully saturated rings. The van der Waals surface area contributed by atoms with E-state index in [2.05, 4.69) is 10.6 Å². The van der Waals surface area contributed by atoms with Crippen molar-refractivity contribution >= 4 is 6.09 Å². The molecule has 1 saturated carbocycles. The molecule has 2 rings (SSSR count). The van der Waals surface area contributed by atoms with Crippen molar-refractivity contribution in [1.29, 1.82) is 0 Å². The van der Waals surface area contributed by atoms with Crippen LogP contribution in [0.15, 0.2) is 0 Å². The second-order valence-corrected chi connectivity index (χ2v) is 6.33. The van der Waals surface area contributed by atoms with Gasteiger partial charge in [-0.1, -0.05) is 0 Å². The molecule has 1 amide bonds. The van der Waals surface area contributed by atoms with Gasteiger partial charge in [0, 0.05) is 6.04 Å². The molecule has 0 aromatic carbocycles. The number of ether oxygens (including phenoxy) is 1. The molecule has 0 unspecified atom stereocenters. The second kappa shape index (κ2) is 4.84. The molecule has 0 aromatic rings. The molecule has 1 heterocycles. The van der Waals surface area contributed by atoms with Gasteiger partial charge >= 0.3 is 6.09 Å². The maximum atomic E-state index is 11.7. The van der Waals surface area contributed by atoms with Crippen LogP contribution in [-0.4, -0.2) is 30.8 Å². The van der Waals surface area contributed by atoms with Crippen molar-refractivity contribution < 1.29 is 9.53 Å². The minimum absolute atomic E-state index is 0.271. The van der Waals surface area contributed by atoms with Crippen LogP contribution in [0.25, 0.3) is 0 Å². The normalized spacial score (nSPS) is 33.0.